The number of halogens is 2. The number of aliphatic carboxylic acids is 1. The van der Waals surface area contributed by atoms with Crippen LogP contribution in [0.25, 0.3) is 0 Å². The second-order valence-corrected chi connectivity index (χ2v) is 6.11. The highest BCUT2D eigenvalue weighted by Gasteiger charge is 2.18. The molecular weight excluding hydrogens is 324 g/mol. The number of carboxylic acid groups (broad SMARTS) is 1. The molecule has 3 rings (SSSR count). The largest absolute Gasteiger partial charge is 0.480 e. The number of benzene rings is 2. The molecule has 2 aromatic rings. The average Bonchev–Trinajstić information content (AvgIpc) is 2.57. The number of nitrogens with one attached hydrogen (secondary N) is 1. The molecule has 0 aliphatic heterocycles. The SMILES string of the molecule is O=C(O)CNC1CCc2cc(C#Cc3cc(F)cc(F)c3)ccc2C1. The van der Waals surface area contributed by atoms with Crippen LogP contribution in [-0.4, -0.2) is 23.7 Å². The lowest BCUT2D eigenvalue weighted by Crippen LogP contribution is -2.37. The van der Waals surface area contributed by atoms with Crippen LogP contribution in [0, 0.1) is 23.5 Å². The van der Waals surface area contributed by atoms with Crippen LogP contribution < -0.4 is 5.32 Å². The van der Waals surface area contributed by atoms with Crippen molar-refractivity contribution in [1.29, 1.82) is 0 Å². The molecule has 25 heavy (non-hydrogen) atoms. The second-order valence-electron chi connectivity index (χ2n) is 6.11. The minimum atomic E-state index is -0.856. The molecule has 2 N–H and O–H groups in total. The Bertz CT molecular complexity index is 847. The highest BCUT2D eigenvalue weighted by molar-refractivity contribution is 5.69. The summed E-state index contributed by atoms with van der Waals surface area (Å²) in [7, 11) is 0. The number of carbonyl (C=O) groups is 1. The predicted octanol–water partition coefficient (Wildman–Crippen LogP) is 2.90. The van der Waals surface area contributed by atoms with E-state index in [1.54, 1.807) is 0 Å². The van der Waals surface area contributed by atoms with Crippen molar-refractivity contribution in [3.63, 3.8) is 0 Å². The van der Waals surface area contributed by atoms with Gasteiger partial charge in [-0.2, -0.15) is 0 Å². The van der Waals surface area contributed by atoms with E-state index in [2.05, 4.69) is 17.2 Å². The van der Waals surface area contributed by atoms with Crippen molar-refractivity contribution < 1.29 is 18.7 Å². The Morgan fingerprint density at radius 2 is 1.80 bits per heavy atom. The maximum atomic E-state index is 13.2. The van der Waals surface area contributed by atoms with Crippen molar-refractivity contribution in [2.24, 2.45) is 0 Å². The molecule has 1 atom stereocenters. The normalized spacial score (nSPS) is 15.8. The summed E-state index contributed by atoms with van der Waals surface area (Å²) in [5.41, 5.74) is 3.45. The highest BCUT2D eigenvalue weighted by atomic mass is 19.1. The van der Waals surface area contributed by atoms with Gasteiger partial charge in [-0.25, -0.2) is 8.78 Å². The molecule has 1 aliphatic rings. The zero-order valence-corrected chi connectivity index (χ0v) is 13.5. The summed E-state index contributed by atoms with van der Waals surface area (Å²) in [6.45, 7) is -0.0340. The third-order valence-corrected chi connectivity index (χ3v) is 4.19. The van der Waals surface area contributed by atoms with Crippen LogP contribution in [-0.2, 0) is 17.6 Å². The van der Waals surface area contributed by atoms with Crippen LogP contribution in [0.1, 0.15) is 28.7 Å². The molecule has 5 heteroatoms. The first kappa shape index (κ1) is 17.1. The van der Waals surface area contributed by atoms with Crippen LogP contribution in [0.3, 0.4) is 0 Å². The van der Waals surface area contributed by atoms with E-state index in [1.807, 2.05) is 18.2 Å². The van der Waals surface area contributed by atoms with Gasteiger partial charge in [0.15, 0.2) is 0 Å². The summed E-state index contributed by atoms with van der Waals surface area (Å²) in [6.07, 6.45) is 2.49. The minimum absolute atomic E-state index is 0.0340. The molecule has 3 nitrogen and oxygen atoms in total. The molecule has 0 fully saturated rings. The number of hydrogen-bond donors (Lipinski definition) is 2. The summed E-state index contributed by atoms with van der Waals surface area (Å²) in [4.78, 5) is 10.6. The quantitative estimate of drug-likeness (QED) is 0.844. The van der Waals surface area contributed by atoms with Gasteiger partial charge < -0.3 is 10.4 Å². The van der Waals surface area contributed by atoms with Crippen molar-refractivity contribution in [3.8, 4) is 11.8 Å². The first-order valence-corrected chi connectivity index (χ1v) is 8.05. The third-order valence-electron chi connectivity index (χ3n) is 4.19. The lowest BCUT2D eigenvalue weighted by atomic mass is 9.87. The molecule has 0 aromatic heterocycles. The molecule has 0 heterocycles. The van der Waals surface area contributed by atoms with Crippen molar-refractivity contribution in [2.45, 2.75) is 25.3 Å². The van der Waals surface area contributed by atoms with Gasteiger partial charge in [0.2, 0.25) is 0 Å². The van der Waals surface area contributed by atoms with Gasteiger partial charge in [-0.1, -0.05) is 17.9 Å². The molecule has 0 radical (unpaired) electrons. The fourth-order valence-electron chi connectivity index (χ4n) is 3.01. The monoisotopic (exact) mass is 341 g/mol. The van der Waals surface area contributed by atoms with Gasteiger partial charge in [-0.15, -0.1) is 0 Å². The van der Waals surface area contributed by atoms with Crippen molar-refractivity contribution in [3.05, 3.63) is 70.3 Å². The van der Waals surface area contributed by atoms with Gasteiger partial charge in [0, 0.05) is 23.2 Å². The van der Waals surface area contributed by atoms with Gasteiger partial charge in [0.1, 0.15) is 11.6 Å². The minimum Gasteiger partial charge on any atom is -0.480 e. The molecule has 0 spiro atoms. The zero-order valence-electron chi connectivity index (χ0n) is 13.5. The summed E-state index contributed by atoms with van der Waals surface area (Å²) >= 11 is 0. The van der Waals surface area contributed by atoms with Crippen molar-refractivity contribution in [1.82, 2.24) is 5.32 Å². The Kier molecular flexibility index (Phi) is 5.11. The Hall–Kier alpha value is -2.71. The zero-order chi connectivity index (χ0) is 17.8. The number of rotatable bonds is 3. The van der Waals surface area contributed by atoms with Gasteiger partial charge in [-0.3, -0.25) is 4.79 Å². The van der Waals surface area contributed by atoms with E-state index in [9.17, 15) is 13.6 Å². The number of fused-ring (bicyclic) bond motifs is 1. The molecule has 1 aliphatic carbocycles. The molecule has 0 amide bonds. The van der Waals surface area contributed by atoms with Gasteiger partial charge in [0.05, 0.1) is 6.54 Å². The Labute approximate surface area is 144 Å². The van der Waals surface area contributed by atoms with E-state index in [4.69, 9.17) is 5.11 Å². The first-order valence-electron chi connectivity index (χ1n) is 8.05. The maximum Gasteiger partial charge on any atom is 0.317 e. The van der Waals surface area contributed by atoms with E-state index in [-0.39, 0.29) is 12.6 Å². The van der Waals surface area contributed by atoms with Crippen molar-refractivity contribution >= 4 is 5.97 Å². The summed E-state index contributed by atoms with van der Waals surface area (Å²) in [6, 6.07) is 9.24. The molecule has 0 saturated carbocycles. The lowest BCUT2D eigenvalue weighted by molar-refractivity contribution is -0.136. The van der Waals surface area contributed by atoms with Crippen LogP contribution in [0.4, 0.5) is 8.78 Å². The Balaban J connectivity index is 1.73. The smallest absolute Gasteiger partial charge is 0.317 e. The van der Waals surface area contributed by atoms with Gasteiger partial charge >= 0.3 is 5.97 Å². The highest BCUT2D eigenvalue weighted by Crippen LogP contribution is 2.22. The van der Waals surface area contributed by atoms with Crippen molar-refractivity contribution in [2.75, 3.05) is 6.54 Å². The molecule has 0 saturated heterocycles. The van der Waals surface area contributed by atoms with E-state index in [1.165, 1.54) is 23.3 Å². The molecular formula is C20H17F2NO2. The predicted molar refractivity (Wildman–Crippen MR) is 90.2 cm³/mol. The lowest BCUT2D eigenvalue weighted by Gasteiger charge is -2.25. The molecule has 0 bridgehead atoms. The molecule has 1 unspecified atom stereocenters. The topological polar surface area (TPSA) is 49.3 Å². The second kappa shape index (κ2) is 7.45. The maximum absolute atomic E-state index is 13.2. The van der Waals surface area contributed by atoms with E-state index < -0.39 is 17.6 Å². The Morgan fingerprint density at radius 1 is 1.08 bits per heavy atom. The van der Waals surface area contributed by atoms with E-state index >= 15 is 0 Å². The number of aryl methyl sites for hydroxylation is 1. The number of hydrogen-bond acceptors (Lipinski definition) is 2. The van der Waals surface area contributed by atoms with Gasteiger partial charge in [0.25, 0.3) is 0 Å². The Morgan fingerprint density at radius 3 is 2.52 bits per heavy atom. The van der Waals surface area contributed by atoms with Crippen LogP contribution in [0.5, 0.6) is 0 Å². The summed E-state index contributed by atoms with van der Waals surface area (Å²) in [5.74, 6) is 3.58. The summed E-state index contributed by atoms with van der Waals surface area (Å²) < 4.78 is 26.4. The summed E-state index contributed by atoms with van der Waals surface area (Å²) in [5, 5.41) is 11.8. The number of carboxylic acids is 1. The van der Waals surface area contributed by atoms with E-state index in [0.29, 0.717) is 5.56 Å². The van der Waals surface area contributed by atoms with Crippen LogP contribution in [0.2, 0.25) is 0 Å². The third kappa shape index (κ3) is 4.65. The van der Waals surface area contributed by atoms with Crippen LogP contribution in [0.15, 0.2) is 36.4 Å². The standard InChI is InChI=1S/C20H17F2NO2/c21-17-8-14(9-18(22)11-17)2-1-13-3-4-16-10-19(23-12-20(24)25)6-5-15(16)7-13/h3-4,7-9,11,19,23H,5-6,10,12H2,(H,24,25). The average molecular weight is 341 g/mol. The first-order chi connectivity index (χ1) is 12.0. The van der Waals surface area contributed by atoms with E-state index in [0.717, 1.165) is 30.9 Å². The van der Waals surface area contributed by atoms with Gasteiger partial charge in [-0.05, 0) is 54.7 Å². The van der Waals surface area contributed by atoms with Crippen LogP contribution >= 0.6 is 0 Å². The molecule has 2 aromatic carbocycles. The molecule has 128 valence electrons. The fraction of sp³-hybridized carbons (Fsp3) is 0.250. The fourth-order valence-corrected chi connectivity index (χ4v) is 3.01.